The SMILES string of the molecule is Cc1c(N(C)CCC(C)O)nn2c(C(F)(F)F)nnc2c1C. The molecule has 2 aromatic heterocycles. The fourth-order valence-electron chi connectivity index (χ4n) is 2.14. The van der Waals surface area contributed by atoms with E-state index in [1.165, 1.54) is 0 Å². The minimum absolute atomic E-state index is 0.0949. The molecular weight excluding hydrogens is 299 g/mol. The normalized spacial score (nSPS) is 13.6. The summed E-state index contributed by atoms with van der Waals surface area (Å²) in [6.45, 7) is 5.59. The summed E-state index contributed by atoms with van der Waals surface area (Å²) in [7, 11) is 1.72. The third-order valence-corrected chi connectivity index (χ3v) is 3.57. The number of fused-ring (bicyclic) bond motifs is 1. The summed E-state index contributed by atoms with van der Waals surface area (Å²) in [6, 6.07) is 0. The maximum Gasteiger partial charge on any atom is 0.453 e. The van der Waals surface area contributed by atoms with Crippen molar-refractivity contribution in [2.24, 2.45) is 0 Å². The van der Waals surface area contributed by atoms with Gasteiger partial charge in [0.05, 0.1) is 6.10 Å². The standard InChI is InChI=1S/C13H18F3N5O/c1-7(22)5-6-20(4)11-9(3)8(2)10-17-18-12(13(14,15)16)21(10)19-11/h7,22H,5-6H2,1-4H3. The van der Waals surface area contributed by atoms with Crippen LogP contribution in [-0.4, -0.2) is 44.6 Å². The van der Waals surface area contributed by atoms with Crippen molar-refractivity contribution in [2.75, 3.05) is 18.5 Å². The molecule has 1 atom stereocenters. The van der Waals surface area contributed by atoms with Crippen LogP contribution < -0.4 is 4.90 Å². The molecule has 22 heavy (non-hydrogen) atoms. The van der Waals surface area contributed by atoms with Crippen molar-refractivity contribution in [3.05, 3.63) is 17.0 Å². The Morgan fingerprint density at radius 1 is 1.23 bits per heavy atom. The highest BCUT2D eigenvalue weighted by molar-refractivity contribution is 5.59. The third-order valence-electron chi connectivity index (χ3n) is 3.57. The topological polar surface area (TPSA) is 66.5 Å². The molecule has 0 spiro atoms. The van der Waals surface area contributed by atoms with Gasteiger partial charge in [-0.2, -0.15) is 17.7 Å². The number of aliphatic hydroxyl groups excluding tert-OH is 1. The zero-order chi connectivity index (χ0) is 16.7. The van der Waals surface area contributed by atoms with Crippen molar-refractivity contribution in [1.29, 1.82) is 0 Å². The van der Waals surface area contributed by atoms with Crippen LogP contribution in [0.4, 0.5) is 19.0 Å². The van der Waals surface area contributed by atoms with Gasteiger partial charge in [-0.3, -0.25) is 0 Å². The van der Waals surface area contributed by atoms with E-state index in [1.807, 2.05) is 0 Å². The fraction of sp³-hybridized carbons (Fsp3) is 0.615. The number of alkyl halides is 3. The number of anilines is 1. The van der Waals surface area contributed by atoms with Gasteiger partial charge in [0.1, 0.15) is 0 Å². The van der Waals surface area contributed by atoms with Crippen LogP contribution in [0, 0.1) is 13.8 Å². The maximum absolute atomic E-state index is 13.0. The Kier molecular flexibility index (Phi) is 4.28. The monoisotopic (exact) mass is 317 g/mol. The molecule has 0 saturated heterocycles. The van der Waals surface area contributed by atoms with Crippen molar-refractivity contribution < 1.29 is 18.3 Å². The summed E-state index contributed by atoms with van der Waals surface area (Å²) in [5.41, 5.74) is 1.43. The maximum atomic E-state index is 13.0. The largest absolute Gasteiger partial charge is 0.453 e. The van der Waals surface area contributed by atoms with Gasteiger partial charge in [-0.15, -0.1) is 15.3 Å². The molecule has 2 aromatic rings. The summed E-state index contributed by atoms with van der Waals surface area (Å²) < 4.78 is 39.6. The lowest BCUT2D eigenvalue weighted by molar-refractivity contribution is -0.146. The Bertz CT molecular complexity index is 680. The molecule has 1 unspecified atom stereocenters. The number of hydrogen-bond acceptors (Lipinski definition) is 5. The van der Waals surface area contributed by atoms with Crippen molar-refractivity contribution in [1.82, 2.24) is 19.8 Å². The molecule has 0 aliphatic rings. The minimum atomic E-state index is -4.62. The smallest absolute Gasteiger partial charge is 0.393 e. The summed E-state index contributed by atoms with van der Waals surface area (Å²) in [4.78, 5) is 1.72. The van der Waals surface area contributed by atoms with Crippen molar-refractivity contribution in [3.63, 3.8) is 0 Å². The lowest BCUT2D eigenvalue weighted by atomic mass is 10.1. The average molecular weight is 317 g/mol. The zero-order valence-electron chi connectivity index (χ0n) is 12.8. The summed E-state index contributed by atoms with van der Waals surface area (Å²) in [5.74, 6) is -0.730. The lowest BCUT2D eigenvalue weighted by Crippen LogP contribution is -2.25. The summed E-state index contributed by atoms with van der Waals surface area (Å²) >= 11 is 0. The van der Waals surface area contributed by atoms with Crippen molar-refractivity contribution in [3.8, 4) is 0 Å². The van der Waals surface area contributed by atoms with Gasteiger partial charge in [0.15, 0.2) is 11.5 Å². The molecule has 9 heteroatoms. The first kappa shape index (κ1) is 16.5. The quantitative estimate of drug-likeness (QED) is 0.934. The highest BCUT2D eigenvalue weighted by Gasteiger charge is 2.38. The van der Waals surface area contributed by atoms with E-state index in [0.29, 0.717) is 24.3 Å². The second kappa shape index (κ2) is 5.71. The third kappa shape index (κ3) is 2.99. The molecule has 0 radical (unpaired) electrons. The van der Waals surface area contributed by atoms with Crippen LogP contribution in [0.2, 0.25) is 0 Å². The van der Waals surface area contributed by atoms with Gasteiger partial charge in [0.25, 0.3) is 5.82 Å². The fourth-order valence-corrected chi connectivity index (χ4v) is 2.14. The molecular formula is C13H18F3N5O. The van der Waals surface area contributed by atoms with E-state index >= 15 is 0 Å². The van der Waals surface area contributed by atoms with Crippen LogP contribution in [0.3, 0.4) is 0 Å². The van der Waals surface area contributed by atoms with Crippen molar-refractivity contribution >= 4 is 11.5 Å². The molecule has 0 aliphatic carbocycles. The number of hydrogen-bond donors (Lipinski definition) is 1. The van der Waals surface area contributed by atoms with Gasteiger partial charge < -0.3 is 10.0 Å². The van der Waals surface area contributed by atoms with Gasteiger partial charge in [0.2, 0.25) is 0 Å². The Morgan fingerprint density at radius 3 is 2.41 bits per heavy atom. The molecule has 2 rings (SSSR count). The average Bonchev–Trinajstić information content (AvgIpc) is 2.83. The molecule has 0 bridgehead atoms. The number of aromatic nitrogens is 4. The molecule has 0 saturated carbocycles. The van der Waals surface area contributed by atoms with E-state index in [-0.39, 0.29) is 5.65 Å². The Hall–Kier alpha value is -1.90. The molecule has 0 aliphatic heterocycles. The number of halogens is 3. The number of aliphatic hydroxyl groups is 1. The number of aryl methyl sites for hydroxylation is 1. The first-order chi connectivity index (χ1) is 10.1. The molecule has 0 fully saturated rings. The second-order valence-electron chi connectivity index (χ2n) is 5.39. The van der Waals surface area contributed by atoms with Gasteiger partial charge in [-0.1, -0.05) is 0 Å². The molecule has 6 nitrogen and oxygen atoms in total. The molecule has 0 amide bonds. The van der Waals surface area contributed by atoms with Gasteiger partial charge in [-0.25, -0.2) is 0 Å². The van der Waals surface area contributed by atoms with Crippen LogP contribution in [0.15, 0.2) is 0 Å². The van der Waals surface area contributed by atoms with Gasteiger partial charge in [0, 0.05) is 24.7 Å². The molecule has 1 N–H and O–H groups in total. The van der Waals surface area contributed by atoms with Crippen LogP contribution in [0.5, 0.6) is 0 Å². The summed E-state index contributed by atoms with van der Waals surface area (Å²) in [5, 5.41) is 20.2. The Balaban J connectivity index is 2.53. The predicted octanol–water partition coefficient (Wildman–Crippen LogP) is 1.97. The van der Waals surface area contributed by atoms with Crippen LogP contribution in [-0.2, 0) is 6.18 Å². The Morgan fingerprint density at radius 2 is 1.86 bits per heavy atom. The minimum Gasteiger partial charge on any atom is -0.393 e. The number of rotatable bonds is 4. The van der Waals surface area contributed by atoms with E-state index in [2.05, 4.69) is 15.3 Å². The highest BCUT2D eigenvalue weighted by atomic mass is 19.4. The van der Waals surface area contributed by atoms with Crippen LogP contribution >= 0.6 is 0 Å². The van der Waals surface area contributed by atoms with Crippen LogP contribution in [0.1, 0.15) is 30.3 Å². The van der Waals surface area contributed by atoms with Gasteiger partial charge in [-0.05, 0) is 27.2 Å². The predicted molar refractivity (Wildman–Crippen MR) is 74.8 cm³/mol. The van der Waals surface area contributed by atoms with E-state index in [1.54, 1.807) is 32.7 Å². The zero-order valence-corrected chi connectivity index (χ0v) is 12.8. The van der Waals surface area contributed by atoms with E-state index in [4.69, 9.17) is 0 Å². The van der Waals surface area contributed by atoms with E-state index in [9.17, 15) is 18.3 Å². The molecule has 122 valence electrons. The van der Waals surface area contributed by atoms with E-state index < -0.39 is 18.1 Å². The van der Waals surface area contributed by atoms with Crippen molar-refractivity contribution in [2.45, 2.75) is 39.5 Å². The van der Waals surface area contributed by atoms with Crippen LogP contribution in [0.25, 0.3) is 5.65 Å². The highest BCUT2D eigenvalue weighted by Crippen LogP contribution is 2.30. The second-order valence-corrected chi connectivity index (χ2v) is 5.39. The Labute approximate surface area is 125 Å². The molecule has 0 aromatic carbocycles. The summed E-state index contributed by atoms with van der Waals surface area (Å²) in [6.07, 6.45) is -4.62. The first-order valence-corrected chi connectivity index (χ1v) is 6.82. The lowest BCUT2D eigenvalue weighted by Gasteiger charge is -2.22. The van der Waals surface area contributed by atoms with E-state index in [0.717, 1.165) is 10.1 Å². The number of nitrogens with zero attached hydrogens (tertiary/aromatic N) is 5. The van der Waals surface area contributed by atoms with Gasteiger partial charge >= 0.3 is 6.18 Å². The molecule has 2 heterocycles. The first-order valence-electron chi connectivity index (χ1n) is 6.82.